The number of benzene rings is 3. The van der Waals surface area contributed by atoms with Crippen molar-refractivity contribution >= 4 is 30.8 Å². The van der Waals surface area contributed by atoms with E-state index in [0.717, 1.165) is 15.9 Å². The summed E-state index contributed by atoms with van der Waals surface area (Å²) in [6.07, 6.45) is -0.165. The van der Waals surface area contributed by atoms with Crippen LogP contribution in [0.2, 0.25) is 5.04 Å². The summed E-state index contributed by atoms with van der Waals surface area (Å²) in [6.45, 7) is 8.70. The molecule has 4 rings (SSSR count). The van der Waals surface area contributed by atoms with E-state index in [0.29, 0.717) is 12.8 Å². The second kappa shape index (κ2) is 11.1. The molecule has 1 heterocycles. The van der Waals surface area contributed by atoms with Crippen LogP contribution in [-0.4, -0.2) is 54.3 Å². The second-order valence-electron chi connectivity index (χ2n) is 12.2. The van der Waals surface area contributed by atoms with E-state index >= 15 is 0 Å². The minimum Gasteiger partial charge on any atom is -0.481 e. The van der Waals surface area contributed by atoms with E-state index < -0.39 is 31.8 Å². The molecule has 0 aromatic heterocycles. The fraction of sp³-hybridized carbons (Fsp3) is 0.375. The molecule has 0 saturated carbocycles. The van der Waals surface area contributed by atoms with E-state index in [4.69, 9.17) is 4.43 Å². The monoisotopic (exact) mass is 546 g/mol. The summed E-state index contributed by atoms with van der Waals surface area (Å²) in [5, 5.41) is 22.9. The van der Waals surface area contributed by atoms with Crippen molar-refractivity contribution < 1.29 is 28.7 Å². The lowest BCUT2D eigenvalue weighted by atomic mass is 9.77. The molecule has 1 aliphatic heterocycles. The van der Waals surface area contributed by atoms with E-state index in [1.807, 2.05) is 66.7 Å². The number of nitrogens with zero attached hydrogens (tertiary/aromatic N) is 1. The minimum absolute atomic E-state index is 0.00132. The van der Waals surface area contributed by atoms with Gasteiger partial charge in [0, 0.05) is 12.0 Å². The van der Waals surface area contributed by atoms with E-state index in [9.17, 15) is 19.8 Å². The Kier molecular flexibility index (Phi) is 8.16. The Morgan fingerprint density at radius 1 is 0.897 bits per heavy atom. The minimum atomic E-state index is -2.90. The van der Waals surface area contributed by atoms with Crippen LogP contribution >= 0.6 is 0 Å². The van der Waals surface area contributed by atoms with E-state index in [-0.39, 0.29) is 29.2 Å². The highest BCUT2D eigenvalue weighted by atomic mass is 28.4. The highest BCUT2D eigenvalue weighted by molar-refractivity contribution is 6.99. The predicted molar refractivity (Wildman–Crippen MR) is 156 cm³/mol. The lowest BCUT2D eigenvalue weighted by molar-refractivity contribution is -0.906. The molecule has 3 aromatic carbocycles. The summed E-state index contributed by atoms with van der Waals surface area (Å²) in [5.74, 6) is -0.953. The zero-order chi connectivity index (χ0) is 28.3. The maximum Gasteiger partial charge on any atom is 0.514 e. The Balaban J connectivity index is 1.81. The van der Waals surface area contributed by atoms with Crippen molar-refractivity contribution in [3.05, 3.63) is 96.6 Å². The van der Waals surface area contributed by atoms with Crippen molar-refractivity contribution in [2.75, 3.05) is 13.2 Å². The number of carboxylic acids is 1. The molecule has 3 atom stereocenters. The number of quaternary nitrogens is 1. The highest BCUT2D eigenvalue weighted by Gasteiger charge is 2.58. The number of carbonyl (C=O) groups is 2. The van der Waals surface area contributed by atoms with Crippen molar-refractivity contribution in [3.63, 3.8) is 0 Å². The normalized spacial score (nSPS) is 23.7. The summed E-state index contributed by atoms with van der Waals surface area (Å²) < 4.78 is 6.82. The van der Waals surface area contributed by atoms with Crippen LogP contribution < -0.4 is 10.4 Å². The first-order valence-electron chi connectivity index (χ1n) is 13.6. The molecule has 1 aliphatic rings. The van der Waals surface area contributed by atoms with Gasteiger partial charge in [-0.1, -0.05) is 112 Å². The second-order valence-corrected chi connectivity index (χ2v) is 16.5. The highest BCUT2D eigenvalue weighted by Crippen LogP contribution is 2.42. The van der Waals surface area contributed by atoms with Crippen molar-refractivity contribution in [2.24, 2.45) is 5.41 Å². The average molecular weight is 547 g/mol. The Morgan fingerprint density at radius 3 is 1.82 bits per heavy atom. The third-order valence-corrected chi connectivity index (χ3v) is 13.5. The van der Waals surface area contributed by atoms with Crippen LogP contribution in [-0.2, 0) is 15.8 Å². The van der Waals surface area contributed by atoms with Crippen LogP contribution in [0.5, 0.6) is 0 Å². The van der Waals surface area contributed by atoms with E-state index in [2.05, 4.69) is 45.0 Å². The third-order valence-electron chi connectivity index (χ3n) is 8.47. The number of piperidine rings is 1. The van der Waals surface area contributed by atoms with Crippen molar-refractivity contribution in [1.29, 1.82) is 0 Å². The molecule has 2 N–H and O–H groups in total. The number of hydrogen-bond acceptors (Lipinski definition) is 3. The molecule has 1 fully saturated rings. The molecular formula is C32H40NO5Si+. The Labute approximate surface area is 232 Å². The van der Waals surface area contributed by atoms with Crippen molar-refractivity contribution in [2.45, 2.75) is 58.2 Å². The molecule has 6 nitrogen and oxygen atoms in total. The van der Waals surface area contributed by atoms with E-state index in [1.165, 1.54) is 0 Å². The van der Waals surface area contributed by atoms with Crippen LogP contribution in [0.3, 0.4) is 0 Å². The van der Waals surface area contributed by atoms with Crippen molar-refractivity contribution in [1.82, 2.24) is 0 Å². The molecule has 1 saturated heterocycles. The number of hydrogen-bond donors (Lipinski definition) is 2. The fourth-order valence-electron chi connectivity index (χ4n) is 6.33. The molecule has 0 radical (unpaired) electrons. The molecule has 39 heavy (non-hydrogen) atoms. The average Bonchev–Trinajstić information content (AvgIpc) is 2.91. The van der Waals surface area contributed by atoms with Crippen molar-refractivity contribution in [3.8, 4) is 0 Å². The van der Waals surface area contributed by atoms with Gasteiger partial charge in [-0.15, -0.1) is 0 Å². The van der Waals surface area contributed by atoms with Gasteiger partial charge in [0.05, 0.1) is 6.61 Å². The van der Waals surface area contributed by atoms with Gasteiger partial charge >= 0.3 is 12.1 Å². The summed E-state index contributed by atoms with van der Waals surface area (Å²) >= 11 is 0. The van der Waals surface area contributed by atoms with Gasteiger partial charge in [-0.25, -0.2) is 4.48 Å². The molecule has 7 heteroatoms. The quantitative estimate of drug-likeness (QED) is 0.288. The molecular weight excluding hydrogens is 506 g/mol. The zero-order valence-electron chi connectivity index (χ0n) is 23.3. The molecule has 0 bridgehead atoms. The first-order chi connectivity index (χ1) is 18.4. The maximum atomic E-state index is 13.2. The van der Waals surface area contributed by atoms with Gasteiger partial charge in [0.2, 0.25) is 0 Å². The largest absolute Gasteiger partial charge is 0.514 e. The maximum absolute atomic E-state index is 13.2. The smallest absolute Gasteiger partial charge is 0.481 e. The van der Waals surface area contributed by atoms with Crippen LogP contribution in [0.4, 0.5) is 4.79 Å². The molecule has 0 aliphatic carbocycles. The topological polar surface area (TPSA) is 83.8 Å². The first-order valence-corrected chi connectivity index (χ1v) is 15.5. The molecule has 206 valence electrons. The van der Waals surface area contributed by atoms with E-state index in [1.54, 1.807) is 6.92 Å². The number of likely N-dealkylation sites (tertiary alicyclic amines) is 1. The van der Waals surface area contributed by atoms with Crippen LogP contribution in [0, 0.1) is 5.41 Å². The Hall–Kier alpha value is -3.26. The summed E-state index contributed by atoms with van der Waals surface area (Å²) in [6, 6.07) is 29.7. The summed E-state index contributed by atoms with van der Waals surface area (Å²) in [7, 11) is -2.90. The standard InChI is InChI=1S/C32H39NO5Si/c1-31(2,3)39(27-16-10-6-11-17-27,28-18-12-7-13-19-28)38-23-26-20-21-32(4,29(34)35)24-33(26,30(36)37)22-25-14-8-5-9-15-25/h5-19,26H,20-24H2,1-4H3,(H-,34,35,36,37)/p+1/t26-,32+,33?/m1/s1. The summed E-state index contributed by atoms with van der Waals surface area (Å²) in [4.78, 5) is 25.5. The molecule has 1 amide bonds. The number of carboxylic acid groups (broad SMARTS) is 2. The Bertz CT molecular complexity index is 1240. The van der Waals surface area contributed by atoms with Gasteiger partial charge in [-0.3, -0.25) is 4.79 Å². The van der Waals surface area contributed by atoms with Gasteiger partial charge in [0.15, 0.2) is 0 Å². The van der Waals surface area contributed by atoms with Crippen LogP contribution in [0.25, 0.3) is 0 Å². The molecule has 0 spiro atoms. The zero-order valence-corrected chi connectivity index (χ0v) is 24.3. The predicted octanol–water partition coefficient (Wildman–Crippen LogP) is 5.51. The van der Waals surface area contributed by atoms with Gasteiger partial charge in [0.25, 0.3) is 8.32 Å². The Morgan fingerprint density at radius 2 is 1.38 bits per heavy atom. The van der Waals surface area contributed by atoms with Gasteiger partial charge in [-0.05, 0) is 28.8 Å². The fourth-order valence-corrected chi connectivity index (χ4v) is 10.9. The molecule has 3 aromatic rings. The number of amides is 1. The van der Waals surface area contributed by atoms with Crippen LogP contribution in [0.1, 0.15) is 46.1 Å². The lowest BCUT2D eigenvalue weighted by Crippen LogP contribution is -2.70. The lowest BCUT2D eigenvalue weighted by Gasteiger charge is -2.50. The number of rotatable bonds is 8. The van der Waals surface area contributed by atoms with Gasteiger partial charge < -0.3 is 14.6 Å². The first kappa shape index (κ1) is 28.7. The molecule has 1 unspecified atom stereocenters. The van der Waals surface area contributed by atoms with Crippen LogP contribution in [0.15, 0.2) is 91.0 Å². The third kappa shape index (κ3) is 5.44. The van der Waals surface area contributed by atoms with Gasteiger partial charge in [-0.2, -0.15) is 4.79 Å². The summed E-state index contributed by atoms with van der Waals surface area (Å²) in [5.41, 5.74) is -0.272. The van der Waals surface area contributed by atoms with Gasteiger partial charge in [0.1, 0.15) is 24.5 Å². The SMILES string of the molecule is CC(C)(C)[Si](OC[C@H]1CC[C@](C)(C(=O)O)C[N+]1(Cc1ccccc1)C(=O)O)(c1ccccc1)c1ccccc1. The number of aliphatic carboxylic acids is 1.